The van der Waals surface area contributed by atoms with E-state index in [1.54, 1.807) is 7.11 Å². The fourth-order valence-electron chi connectivity index (χ4n) is 2.30. The first-order valence-corrected chi connectivity index (χ1v) is 5.35. The number of imide groups is 1. The molecule has 1 unspecified atom stereocenters. The lowest BCUT2D eigenvalue weighted by molar-refractivity contribution is -0.160. The number of hydrogen-bond donors (Lipinski definition) is 0. The molecule has 2 heterocycles. The summed E-state index contributed by atoms with van der Waals surface area (Å²) in [5.74, 6) is -0.133. The van der Waals surface area contributed by atoms with Gasteiger partial charge in [0.2, 0.25) is 11.8 Å². The van der Waals surface area contributed by atoms with Crippen LogP contribution < -0.4 is 0 Å². The number of hydrazine groups is 1. The van der Waals surface area contributed by atoms with Crippen molar-refractivity contribution in [1.82, 2.24) is 10.0 Å². The van der Waals surface area contributed by atoms with Crippen LogP contribution in [-0.2, 0) is 14.3 Å². The van der Waals surface area contributed by atoms with E-state index in [0.717, 1.165) is 19.4 Å². The van der Waals surface area contributed by atoms with Gasteiger partial charge < -0.3 is 4.74 Å². The van der Waals surface area contributed by atoms with Crippen LogP contribution >= 0.6 is 0 Å². The van der Waals surface area contributed by atoms with Gasteiger partial charge in [-0.2, -0.15) is 0 Å². The van der Waals surface area contributed by atoms with Gasteiger partial charge in [0.15, 0.2) is 0 Å². The minimum atomic E-state index is -0.0667. The zero-order valence-corrected chi connectivity index (χ0v) is 8.94. The van der Waals surface area contributed by atoms with Gasteiger partial charge in [-0.1, -0.05) is 0 Å². The van der Waals surface area contributed by atoms with Gasteiger partial charge in [-0.15, -0.1) is 0 Å². The Hall–Kier alpha value is -0.940. The van der Waals surface area contributed by atoms with Crippen molar-refractivity contribution in [2.75, 3.05) is 20.3 Å². The smallest absolute Gasteiger partial charge is 0.244 e. The molecule has 0 radical (unpaired) electrons. The quantitative estimate of drug-likeness (QED) is 0.625. The van der Waals surface area contributed by atoms with Crippen LogP contribution in [0.25, 0.3) is 0 Å². The lowest BCUT2D eigenvalue weighted by atomic mass is 10.2. The molecule has 84 valence electrons. The Bertz CT molecular complexity index is 264. The lowest BCUT2D eigenvalue weighted by Gasteiger charge is -2.30. The molecule has 2 amide bonds. The first kappa shape index (κ1) is 10.6. The van der Waals surface area contributed by atoms with Crippen LogP contribution in [0.1, 0.15) is 25.7 Å². The third-order valence-electron chi connectivity index (χ3n) is 2.99. The van der Waals surface area contributed by atoms with Gasteiger partial charge in [-0.05, 0) is 12.8 Å². The summed E-state index contributed by atoms with van der Waals surface area (Å²) in [6.07, 6.45) is 2.72. The Morgan fingerprint density at radius 3 is 2.60 bits per heavy atom. The molecule has 0 aromatic heterocycles. The van der Waals surface area contributed by atoms with Gasteiger partial charge in [0, 0.05) is 26.5 Å². The third kappa shape index (κ3) is 1.89. The molecule has 0 aromatic rings. The highest BCUT2D eigenvalue weighted by molar-refractivity contribution is 6.01. The highest BCUT2D eigenvalue weighted by atomic mass is 16.5. The van der Waals surface area contributed by atoms with Crippen LogP contribution in [-0.4, -0.2) is 48.1 Å². The SMILES string of the molecule is COCC1CCCN1N1C(=O)CCC1=O. The minimum Gasteiger partial charge on any atom is -0.383 e. The summed E-state index contributed by atoms with van der Waals surface area (Å²) in [6.45, 7) is 1.36. The van der Waals surface area contributed by atoms with E-state index in [4.69, 9.17) is 4.74 Å². The summed E-state index contributed by atoms with van der Waals surface area (Å²) in [5, 5.41) is 3.21. The zero-order valence-electron chi connectivity index (χ0n) is 8.94. The van der Waals surface area contributed by atoms with Gasteiger partial charge in [0.05, 0.1) is 12.6 Å². The molecule has 2 saturated heterocycles. The molecule has 5 nitrogen and oxygen atoms in total. The number of carbonyl (C=O) groups is 2. The highest BCUT2D eigenvalue weighted by Crippen LogP contribution is 2.24. The minimum absolute atomic E-state index is 0.0667. The third-order valence-corrected chi connectivity index (χ3v) is 2.99. The molecule has 0 saturated carbocycles. The molecule has 15 heavy (non-hydrogen) atoms. The maximum absolute atomic E-state index is 11.5. The van der Waals surface area contributed by atoms with Crippen molar-refractivity contribution in [3.05, 3.63) is 0 Å². The second-order valence-corrected chi connectivity index (χ2v) is 4.01. The summed E-state index contributed by atoms with van der Waals surface area (Å²) >= 11 is 0. The Kier molecular flexibility index (Phi) is 3.02. The van der Waals surface area contributed by atoms with Crippen molar-refractivity contribution >= 4 is 11.8 Å². The first-order chi connectivity index (χ1) is 7.24. The second kappa shape index (κ2) is 4.28. The van der Waals surface area contributed by atoms with E-state index in [0.29, 0.717) is 19.4 Å². The van der Waals surface area contributed by atoms with Gasteiger partial charge in [0.1, 0.15) is 0 Å². The molecule has 0 aliphatic carbocycles. The van der Waals surface area contributed by atoms with Crippen molar-refractivity contribution in [2.45, 2.75) is 31.7 Å². The largest absolute Gasteiger partial charge is 0.383 e. The number of rotatable bonds is 3. The lowest BCUT2D eigenvalue weighted by Crippen LogP contribution is -2.49. The van der Waals surface area contributed by atoms with Crippen molar-refractivity contribution in [1.29, 1.82) is 0 Å². The van der Waals surface area contributed by atoms with Crippen molar-refractivity contribution in [2.24, 2.45) is 0 Å². The fourth-order valence-corrected chi connectivity index (χ4v) is 2.30. The predicted octanol–water partition coefficient (Wildman–Crippen LogP) is 0.161. The van der Waals surface area contributed by atoms with Crippen LogP contribution in [0.4, 0.5) is 0 Å². The monoisotopic (exact) mass is 212 g/mol. The molecule has 0 bridgehead atoms. The summed E-state index contributed by atoms with van der Waals surface area (Å²) in [7, 11) is 1.64. The van der Waals surface area contributed by atoms with E-state index in [-0.39, 0.29) is 17.9 Å². The van der Waals surface area contributed by atoms with E-state index in [1.165, 1.54) is 5.01 Å². The Labute approximate surface area is 88.9 Å². The molecule has 0 spiro atoms. The number of amides is 2. The summed E-state index contributed by atoms with van der Waals surface area (Å²) in [5.41, 5.74) is 0. The number of carbonyl (C=O) groups excluding carboxylic acids is 2. The second-order valence-electron chi connectivity index (χ2n) is 4.01. The van der Waals surface area contributed by atoms with Crippen LogP contribution in [0.2, 0.25) is 0 Å². The maximum Gasteiger partial charge on any atom is 0.244 e. The van der Waals surface area contributed by atoms with Crippen LogP contribution in [0, 0.1) is 0 Å². The molecule has 1 atom stereocenters. The van der Waals surface area contributed by atoms with E-state index in [2.05, 4.69) is 0 Å². The van der Waals surface area contributed by atoms with Crippen molar-refractivity contribution in [3.63, 3.8) is 0 Å². The average molecular weight is 212 g/mol. The number of hydrogen-bond acceptors (Lipinski definition) is 4. The fraction of sp³-hybridized carbons (Fsp3) is 0.800. The molecule has 2 fully saturated rings. The van der Waals surface area contributed by atoms with Gasteiger partial charge in [-0.3, -0.25) is 9.59 Å². The number of methoxy groups -OCH3 is 1. The Morgan fingerprint density at radius 2 is 2.00 bits per heavy atom. The van der Waals surface area contributed by atoms with Gasteiger partial charge in [0.25, 0.3) is 0 Å². The molecular formula is C10H16N2O3. The number of ether oxygens (including phenoxy) is 1. The highest BCUT2D eigenvalue weighted by Gasteiger charge is 2.39. The maximum atomic E-state index is 11.5. The van der Waals surface area contributed by atoms with E-state index < -0.39 is 0 Å². The van der Waals surface area contributed by atoms with Gasteiger partial charge >= 0.3 is 0 Å². The van der Waals surface area contributed by atoms with Gasteiger partial charge in [-0.25, -0.2) is 10.0 Å². The molecular weight excluding hydrogens is 196 g/mol. The van der Waals surface area contributed by atoms with E-state index >= 15 is 0 Å². The standard InChI is InChI=1S/C10H16N2O3/c1-15-7-8-3-2-6-11(8)12-9(13)4-5-10(12)14/h8H,2-7H2,1H3. The van der Waals surface area contributed by atoms with E-state index in [1.807, 2.05) is 5.01 Å². The van der Waals surface area contributed by atoms with Crippen LogP contribution in [0.15, 0.2) is 0 Å². The Balaban J connectivity index is 2.08. The molecule has 2 rings (SSSR count). The van der Waals surface area contributed by atoms with Crippen LogP contribution in [0.3, 0.4) is 0 Å². The summed E-state index contributed by atoms with van der Waals surface area (Å²) < 4.78 is 5.10. The van der Waals surface area contributed by atoms with E-state index in [9.17, 15) is 9.59 Å². The topological polar surface area (TPSA) is 49.9 Å². The Morgan fingerprint density at radius 1 is 1.33 bits per heavy atom. The molecule has 2 aliphatic rings. The molecule has 0 aromatic carbocycles. The summed E-state index contributed by atoms with van der Waals surface area (Å²) in [6, 6.07) is 0.181. The van der Waals surface area contributed by atoms with Crippen molar-refractivity contribution < 1.29 is 14.3 Å². The molecule has 2 aliphatic heterocycles. The van der Waals surface area contributed by atoms with Crippen LogP contribution in [0.5, 0.6) is 0 Å². The van der Waals surface area contributed by atoms with Crippen molar-refractivity contribution in [3.8, 4) is 0 Å². The number of nitrogens with zero attached hydrogens (tertiary/aromatic N) is 2. The summed E-state index contributed by atoms with van der Waals surface area (Å²) in [4.78, 5) is 23.1. The zero-order chi connectivity index (χ0) is 10.8. The predicted molar refractivity (Wildman–Crippen MR) is 52.7 cm³/mol. The first-order valence-electron chi connectivity index (χ1n) is 5.35. The molecule has 0 N–H and O–H groups in total. The molecule has 5 heteroatoms. The average Bonchev–Trinajstić information content (AvgIpc) is 2.75. The normalized spacial score (nSPS) is 28.1.